The summed E-state index contributed by atoms with van der Waals surface area (Å²) in [5.41, 5.74) is 4.36. The van der Waals surface area contributed by atoms with Gasteiger partial charge in [0.25, 0.3) is 5.91 Å². The van der Waals surface area contributed by atoms with E-state index in [-0.39, 0.29) is 12.5 Å². The van der Waals surface area contributed by atoms with Gasteiger partial charge in [0.1, 0.15) is 0 Å². The Bertz CT molecular complexity index is 338. The van der Waals surface area contributed by atoms with Crippen molar-refractivity contribution in [3.05, 3.63) is 29.8 Å². The average Bonchev–Trinajstić information content (AvgIpc) is 2.25. The zero-order valence-electron chi connectivity index (χ0n) is 9.16. The Balaban J connectivity index is 2.78. The van der Waals surface area contributed by atoms with Crippen LogP contribution in [-0.4, -0.2) is 19.0 Å². The Labute approximate surface area is 90.0 Å². The number of hydrazine groups is 1. The zero-order valence-corrected chi connectivity index (χ0v) is 9.16. The van der Waals surface area contributed by atoms with Crippen LogP contribution in [0, 0.1) is 6.92 Å². The summed E-state index contributed by atoms with van der Waals surface area (Å²) in [6.45, 7) is 5.10. The molecule has 1 aromatic rings. The van der Waals surface area contributed by atoms with Gasteiger partial charge in [-0.25, -0.2) is 5.84 Å². The molecule has 1 aromatic carbocycles. The monoisotopic (exact) mass is 207 g/mol. The molecule has 0 aliphatic carbocycles. The summed E-state index contributed by atoms with van der Waals surface area (Å²) in [6, 6.07) is 8.04. The Morgan fingerprint density at radius 2 is 2.27 bits per heavy atom. The fraction of sp³-hybridized carbons (Fsp3) is 0.364. The van der Waals surface area contributed by atoms with E-state index in [2.05, 4.69) is 5.43 Å². The van der Waals surface area contributed by atoms with Gasteiger partial charge in [-0.15, -0.1) is 0 Å². The minimum Gasteiger partial charge on any atom is -0.362 e. The van der Waals surface area contributed by atoms with Crippen molar-refractivity contribution >= 4 is 11.6 Å². The lowest BCUT2D eigenvalue weighted by molar-refractivity contribution is -0.119. The maximum Gasteiger partial charge on any atom is 0.253 e. The predicted molar refractivity (Wildman–Crippen MR) is 61.4 cm³/mol. The van der Waals surface area contributed by atoms with Crippen molar-refractivity contribution in [1.29, 1.82) is 0 Å². The summed E-state index contributed by atoms with van der Waals surface area (Å²) < 4.78 is 0. The number of nitrogens with one attached hydrogen (secondary N) is 1. The molecule has 1 amide bonds. The van der Waals surface area contributed by atoms with E-state index in [4.69, 9.17) is 5.84 Å². The summed E-state index contributed by atoms with van der Waals surface area (Å²) in [6.07, 6.45) is 0. The van der Waals surface area contributed by atoms with Crippen LogP contribution in [-0.2, 0) is 4.79 Å². The van der Waals surface area contributed by atoms with Gasteiger partial charge in [-0.05, 0) is 31.5 Å². The van der Waals surface area contributed by atoms with Crippen molar-refractivity contribution in [3.8, 4) is 0 Å². The molecule has 0 atom stereocenters. The molecule has 4 nitrogen and oxygen atoms in total. The Hall–Kier alpha value is -1.55. The number of carbonyl (C=O) groups excluding carboxylic acids is 1. The van der Waals surface area contributed by atoms with Crippen molar-refractivity contribution in [2.24, 2.45) is 5.84 Å². The largest absolute Gasteiger partial charge is 0.362 e. The van der Waals surface area contributed by atoms with E-state index in [1.54, 1.807) is 0 Å². The van der Waals surface area contributed by atoms with Crippen molar-refractivity contribution in [1.82, 2.24) is 5.43 Å². The van der Waals surface area contributed by atoms with Crippen molar-refractivity contribution < 1.29 is 4.79 Å². The number of benzene rings is 1. The van der Waals surface area contributed by atoms with Crippen LogP contribution in [0.2, 0.25) is 0 Å². The van der Waals surface area contributed by atoms with Gasteiger partial charge in [0.15, 0.2) is 0 Å². The maximum absolute atomic E-state index is 11.2. The van der Waals surface area contributed by atoms with Crippen LogP contribution in [0.25, 0.3) is 0 Å². The number of nitrogens with two attached hydrogens (primary N) is 1. The fourth-order valence-corrected chi connectivity index (χ4v) is 1.43. The highest BCUT2D eigenvalue weighted by molar-refractivity contribution is 5.80. The number of anilines is 1. The molecule has 0 fully saturated rings. The second-order valence-corrected chi connectivity index (χ2v) is 3.42. The normalized spacial score (nSPS) is 9.80. The van der Waals surface area contributed by atoms with Crippen LogP contribution in [0.1, 0.15) is 12.5 Å². The van der Waals surface area contributed by atoms with E-state index in [1.165, 1.54) is 5.56 Å². The van der Waals surface area contributed by atoms with E-state index in [1.807, 2.05) is 43.0 Å². The summed E-state index contributed by atoms with van der Waals surface area (Å²) in [5.74, 6) is 4.87. The van der Waals surface area contributed by atoms with Crippen LogP contribution in [0.5, 0.6) is 0 Å². The molecule has 0 saturated carbocycles. The molecule has 15 heavy (non-hydrogen) atoms. The number of amides is 1. The minimum absolute atomic E-state index is 0.182. The first kappa shape index (κ1) is 11.5. The highest BCUT2D eigenvalue weighted by Crippen LogP contribution is 2.14. The van der Waals surface area contributed by atoms with Crippen molar-refractivity contribution in [3.63, 3.8) is 0 Å². The topological polar surface area (TPSA) is 58.4 Å². The number of aryl methyl sites for hydroxylation is 1. The quantitative estimate of drug-likeness (QED) is 0.436. The SMILES string of the molecule is CCN(CC(=O)NN)c1cccc(C)c1. The number of rotatable bonds is 4. The molecule has 0 bridgehead atoms. The minimum atomic E-state index is -0.182. The molecule has 1 rings (SSSR count). The Morgan fingerprint density at radius 3 is 2.80 bits per heavy atom. The number of likely N-dealkylation sites (N-methyl/N-ethyl adjacent to an activating group) is 1. The molecule has 3 N–H and O–H groups in total. The first-order valence-electron chi connectivity index (χ1n) is 4.98. The smallest absolute Gasteiger partial charge is 0.253 e. The molecule has 0 heterocycles. The van der Waals surface area contributed by atoms with Gasteiger partial charge in [-0.3, -0.25) is 10.2 Å². The highest BCUT2D eigenvalue weighted by Gasteiger charge is 2.08. The van der Waals surface area contributed by atoms with E-state index in [0.29, 0.717) is 0 Å². The van der Waals surface area contributed by atoms with Gasteiger partial charge < -0.3 is 4.90 Å². The van der Waals surface area contributed by atoms with Crippen LogP contribution in [0.4, 0.5) is 5.69 Å². The maximum atomic E-state index is 11.2. The second kappa shape index (κ2) is 5.36. The van der Waals surface area contributed by atoms with E-state index < -0.39 is 0 Å². The number of nitrogens with zero attached hydrogens (tertiary/aromatic N) is 1. The third-order valence-electron chi connectivity index (χ3n) is 2.24. The standard InChI is InChI=1S/C11H17N3O/c1-3-14(8-11(15)13-12)10-6-4-5-9(2)7-10/h4-7H,3,8,12H2,1-2H3,(H,13,15). The van der Waals surface area contributed by atoms with Crippen LogP contribution < -0.4 is 16.2 Å². The first-order valence-corrected chi connectivity index (χ1v) is 4.98. The summed E-state index contributed by atoms with van der Waals surface area (Å²) in [7, 11) is 0. The molecule has 0 radical (unpaired) electrons. The van der Waals surface area contributed by atoms with E-state index >= 15 is 0 Å². The molecule has 0 saturated heterocycles. The van der Waals surface area contributed by atoms with Crippen LogP contribution in [0.3, 0.4) is 0 Å². The molecular formula is C11H17N3O. The molecule has 0 aromatic heterocycles. The number of carbonyl (C=O) groups is 1. The van der Waals surface area contributed by atoms with Crippen LogP contribution in [0.15, 0.2) is 24.3 Å². The first-order chi connectivity index (χ1) is 7.17. The van der Waals surface area contributed by atoms with Gasteiger partial charge in [0.2, 0.25) is 0 Å². The van der Waals surface area contributed by atoms with Gasteiger partial charge in [0.05, 0.1) is 6.54 Å². The molecular weight excluding hydrogens is 190 g/mol. The lowest BCUT2D eigenvalue weighted by atomic mass is 10.2. The molecule has 0 unspecified atom stereocenters. The predicted octanol–water partition coefficient (Wildman–Crippen LogP) is 0.811. The fourth-order valence-electron chi connectivity index (χ4n) is 1.43. The third-order valence-corrected chi connectivity index (χ3v) is 2.24. The average molecular weight is 207 g/mol. The van der Waals surface area contributed by atoms with Gasteiger partial charge in [-0.2, -0.15) is 0 Å². The highest BCUT2D eigenvalue weighted by atomic mass is 16.2. The molecule has 4 heteroatoms. The molecule has 0 aliphatic heterocycles. The molecule has 0 spiro atoms. The lowest BCUT2D eigenvalue weighted by Crippen LogP contribution is -2.40. The zero-order chi connectivity index (χ0) is 11.3. The molecule has 0 aliphatic rings. The van der Waals surface area contributed by atoms with Gasteiger partial charge in [-0.1, -0.05) is 12.1 Å². The van der Waals surface area contributed by atoms with Crippen LogP contribution >= 0.6 is 0 Å². The van der Waals surface area contributed by atoms with Crippen molar-refractivity contribution in [2.45, 2.75) is 13.8 Å². The third kappa shape index (κ3) is 3.25. The van der Waals surface area contributed by atoms with Crippen molar-refractivity contribution in [2.75, 3.05) is 18.0 Å². The second-order valence-electron chi connectivity index (χ2n) is 3.42. The van der Waals surface area contributed by atoms with E-state index in [0.717, 1.165) is 12.2 Å². The van der Waals surface area contributed by atoms with Gasteiger partial charge >= 0.3 is 0 Å². The van der Waals surface area contributed by atoms with E-state index in [9.17, 15) is 4.79 Å². The Kier molecular flexibility index (Phi) is 4.12. The van der Waals surface area contributed by atoms with Gasteiger partial charge in [0, 0.05) is 12.2 Å². The lowest BCUT2D eigenvalue weighted by Gasteiger charge is -2.22. The summed E-state index contributed by atoms with van der Waals surface area (Å²) in [5, 5.41) is 0. The summed E-state index contributed by atoms with van der Waals surface area (Å²) in [4.78, 5) is 13.1. The summed E-state index contributed by atoms with van der Waals surface area (Å²) >= 11 is 0. The Morgan fingerprint density at radius 1 is 1.53 bits per heavy atom. The number of hydrogen-bond donors (Lipinski definition) is 2. The molecule has 82 valence electrons. The number of hydrogen-bond acceptors (Lipinski definition) is 3.